The molecule has 1 unspecified atom stereocenters. The molecule has 0 fully saturated rings. The Hall–Kier alpha value is -2.89. The number of fused-ring (bicyclic) bond motifs is 1. The Morgan fingerprint density at radius 2 is 2.15 bits per heavy atom. The van der Waals surface area contributed by atoms with Crippen molar-refractivity contribution in [3.63, 3.8) is 0 Å². The number of nitrogen functional groups attached to an aromatic ring is 1. The van der Waals surface area contributed by atoms with Crippen LogP contribution in [0, 0.1) is 6.92 Å². The van der Waals surface area contributed by atoms with Gasteiger partial charge in [-0.15, -0.1) is 0 Å². The van der Waals surface area contributed by atoms with Crippen LogP contribution >= 0.6 is 0 Å². The summed E-state index contributed by atoms with van der Waals surface area (Å²) in [5, 5.41) is 4.40. The van der Waals surface area contributed by atoms with Crippen LogP contribution in [0.1, 0.15) is 48.8 Å². The van der Waals surface area contributed by atoms with Gasteiger partial charge in [-0.05, 0) is 56.0 Å². The van der Waals surface area contributed by atoms with Crippen LogP contribution in [0.4, 0.5) is 5.95 Å². The van der Waals surface area contributed by atoms with E-state index in [2.05, 4.69) is 33.8 Å². The molecule has 3 aromatic heterocycles. The number of pyridine rings is 1. The molecular weight excluding hydrogens is 333 g/mol. The summed E-state index contributed by atoms with van der Waals surface area (Å²) in [7, 11) is 6.05. The van der Waals surface area contributed by atoms with Gasteiger partial charge in [-0.1, -0.05) is 25.4 Å². The third-order valence-electron chi connectivity index (χ3n) is 4.55. The maximum absolute atomic E-state index is 6.05. The van der Waals surface area contributed by atoms with Crippen molar-refractivity contribution < 1.29 is 0 Å². The van der Waals surface area contributed by atoms with Crippen molar-refractivity contribution in [2.45, 2.75) is 39.9 Å². The molecule has 5 nitrogen and oxygen atoms in total. The molecule has 0 aliphatic rings. The number of aryl methyl sites for hydroxylation is 1. The molecule has 0 spiro atoms. The Labute approximate surface area is 161 Å². The van der Waals surface area contributed by atoms with Gasteiger partial charge in [0.25, 0.3) is 0 Å². The van der Waals surface area contributed by atoms with Crippen LogP contribution in [0.25, 0.3) is 16.7 Å². The van der Waals surface area contributed by atoms with Crippen LogP contribution in [0.15, 0.2) is 37.2 Å². The van der Waals surface area contributed by atoms with Crippen molar-refractivity contribution in [1.29, 1.82) is 0 Å². The predicted octanol–water partition coefficient (Wildman–Crippen LogP) is 4.02. The summed E-state index contributed by atoms with van der Waals surface area (Å²) in [6.07, 6.45) is 6.51. The Kier molecular flexibility index (Phi) is 5.17. The second-order valence-corrected chi connectivity index (χ2v) is 6.96. The lowest BCUT2D eigenvalue weighted by Gasteiger charge is -2.17. The Morgan fingerprint density at radius 3 is 2.78 bits per heavy atom. The summed E-state index contributed by atoms with van der Waals surface area (Å²) < 4.78 is 1.86. The van der Waals surface area contributed by atoms with Crippen LogP contribution in [0.3, 0.4) is 0 Å². The number of allylic oxidation sites excluding steroid dienone is 2. The van der Waals surface area contributed by atoms with Gasteiger partial charge < -0.3 is 5.73 Å². The quantitative estimate of drug-likeness (QED) is 0.701. The molecule has 3 aromatic rings. The fourth-order valence-electron chi connectivity index (χ4n) is 3.39. The highest BCUT2D eigenvalue weighted by atomic mass is 15.2. The second-order valence-electron chi connectivity index (χ2n) is 6.96. The first-order chi connectivity index (χ1) is 12.8. The molecule has 136 valence electrons. The Morgan fingerprint density at radius 1 is 1.41 bits per heavy atom. The number of nitrogens with two attached hydrogens (primary N) is 1. The van der Waals surface area contributed by atoms with Crippen molar-refractivity contribution in [2.75, 3.05) is 5.73 Å². The van der Waals surface area contributed by atoms with Crippen molar-refractivity contribution in [3.05, 3.63) is 65.3 Å². The molecule has 0 bridgehead atoms. The Balaban J connectivity index is 2.20. The predicted molar refractivity (Wildman–Crippen MR) is 113 cm³/mol. The standard InChI is InChI=1S/C21H24BN5/c1-6-16(20-14(5)25-21(23)26-18(20)9-13(4)22)15-7-8-27-19(10-15)17(11-24-27)12(2)3/h6-8,10-11,13H,2,9H2,1,3-5H3,(H2,23,25,26)/b16-6-. The molecule has 27 heavy (non-hydrogen) atoms. The van der Waals surface area contributed by atoms with Crippen molar-refractivity contribution in [2.24, 2.45) is 0 Å². The second kappa shape index (κ2) is 7.39. The zero-order valence-corrected chi connectivity index (χ0v) is 16.3. The summed E-state index contributed by atoms with van der Waals surface area (Å²) in [5.74, 6) is 0.251. The number of hydrogen-bond donors (Lipinski definition) is 1. The van der Waals surface area contributed by atoms with E-state index in [1.165, 1.54) is 0 Å². The lowest BCUT2D eigenvalue weighted by atomic mass is 9.83. The van der Waals surface area contributed by atoms with Gasteiger partial charge in [0.1, 0.15) is 0 Å². The number of rotatable bonds is 5. The van der Waals surface area contributed by atoms with Gasteiger partial charge in [0, 0.05) is 17.3 Å². The first-order valence-corrected chi connectivity index (χ1v) is 9.00. The Bertz CT molecular complexity index is 1050. The number of nitrogens with zero attached hydrogens (tertiary/aromatic N) is 4. The van der Waals surface area contributed by atoms with Gasteiger partial charge >= 0.3 is 0 Å². The fraction of sp³-hybridized carbons (Fsp3) is 0.286. The highest BCUT2D eigenvalue weighted by Gasteiger charge is 2.18. The largest absolute Gasteiger partial charge is 0.368 e. The van der Waals surface area contributed by atoms with E-state index in [0.29, 0.717) is 6.42 Å². The molecule has 2 radical (unpaired) electrons. The highest BCUT2D eigenvalue weighted by molar-refractivity contribution is 6.11. The lowest BCUT2D eigenvalue weighted by molar-refractivity contribution is 0.861. The molecular formula is C21H24BN5. The SMILES string of the molecule is [B]C(C)Cc1nc(N)nc(C)c1/C(=C\C)c1ccn2ncc(C(=C)C)c2c1. The van der Waals surface area contributed by atoms with E-state index >= 15 is 0 Å². The minimum absolute atomic E-state index is 0.0251. The van der Waals surface area contributed by atoms with E-state index < -0.39 is 0 Å². The highest BCUT2D eigenvalue weighted by Crippen LogP contribution is 2.31. The van der Waals surface area contributed by atoms with Crippen molar-refractivity contribution in [3.8, 4) is 0 Å². The number of anilines is 1. The molecule has 0 saturated carbocycles. The van der Waals surface area contributed by atoms with E-state index in [0.717, 1.165) is 44.7 Å². The van der Waals surface area contributed by atoms with E-state index in [4.69, 9.17) is 13.6 Å². The van der Waals surface area contributed by atoms with Crippen LogP contribution in [0.2, 0.25) is 5.82 Å². The number of aromatic nitrogens is 4. The molecule has 2 N–H and O–H groups in total. The first-order valence-electron chi connectivity index (χ1n) is 9.00. The first kappa shape index (κ1) is 18.9. The molecule has 0 aromatic carbocycles. The third-order valence-corrected chi connectivity index (χ3v) is 4.55. The minimum atomic E-state index is -0.0251. The summed E-state index contributed by atoms with van der Waals surface area (Å²) in [6, 6.07) is 4.17. The third kappa shape index (κ3) is 3.65. The summed E-state index contributed by atoms with van der Waals surface area (Å²) >= 11 is 0. The van der Waals surface area contributed by atoms with Crippen LogP contribution in [-0.4, -0.2) is 27.4 Å². The van der Waals surface area contributed by atoms with Gasteiger partial charge in [-0.2, -0.15) is 5.10 Å². The number of hydrogen-bond acceptors (Lipinski definition) is 4. The monoisotopic (exact) mass is 357 g/mol. The molecule has 0 aliphatic heterocycles. The maximum Gasteiger partial charge on any atom is 0.220 e. The smallest absolute Gasteiger partial charge is 0.220 e. The normalized spacial score (nSPS) is 13.1. The zero-order valence-electron chi connectivity index (χ0n) is 16.3. The van der Waals surface area contributed by atoms with Crippen molar-refractivity contribution >= 4 is 30.5 Å². The van der Waals surface area contributed by atoms with Gasteiger partial charge in [-0.25, -0.2) is 14.5 Å². The summed E-state index contributed by atoms with van der Waals surface area (Å²) in [6.45, 7) is 12.0. The average Bonchev–Trinajstić information content (AvgIpc) is 3.00. The average molecular weight is 357 g/mol. The maximum atomic E-state index is 6.05. The molecule has 0 saturated heterocycles. The van der Waals surface area contributed by atoms with Crippen molar-refractivity contribution in [1.82, 2.24) is 19.6 Å². The molecule has 0 aliphatic carbocycles. The topological polar surface area (TPSA) is 69.1 Å². The zero-order chi connectivity index (χ0) is 19.7. The summed E-state index contributed by atoms with van der Waals surface area (Å²) in [4.78, 5) is 8.87. The van der Waals surface area contributed by atoms with E-state index in [1.54, 1.807) is 0 Å². The minimum Gasteiger partial charge on any atom is -0.368 e. The van der Waals surface area contributed by atoms with Crippen LogP contribution < -0.4 is 5.73 Å². The molecule has 1 atom stereocenters. The van der Waals surface area contributed by atoms with E-state index in [-0.39, 0.29) is 11.8 Å². The van der Waals surface area contributed by atoms with Gasteiger partial charge in [-0.3, -0.25) is 0 Å². The molecule has 6 heteroatoms. The lowest BCUT2D eigenvalue weighted by Crippen LogP contribution is -2.09. The van der Waals surface area contributed by atoms with E-state index in [9.17, 15) is 0 Å². The van der Waals surface area contributed by atoms with Gasteiger partial charge in [0.2, 0.25) is 5.95 Å². The summed E-state index contributed by atoms with van der Waals surface area (Å²) in [5.41, 5.74) is 13.8. The molecule has 3 heterocycles. The molecule has 3 rings (SSSR count). The van der Waals surface area contributed by atoms with Crippen LogP contribution in [-0.2, 0) is 6.42 Å². The van der Waals surface area contributed by atoms with Gasteiger partial charge in [0.05, 0.1) is 30.9 Å². The van der Waals surface area contributed by atoms with Gasteiger partial charge in [0.15, 0.2) is 0 Å². The molecule has 0 amide bonds. The fourth-order valence-corrected chi connectivity index (χ4v) is 3.39. The van der Waals surface area contributed by atoms with E-state index in [1.807, 2.05) is 50.7 Å². The van der Waals surface area contributed by atoms with Crippen LogP contribution in [0.5, 0.6) is 0 Å².